The van der Waals surface area contributed by atoms with Gasteiger partial charge in [0.05, 0.1) is 11.4 Å². The third-order valence-electron chi connectivity index (χ3n) is 5.44. The molecular weight excluding hydrogens is 376 g/mol. The fourth-order valence-corrected chi connectivity index (χ4v) is 5.35. The summed E-state index contributed by atoms with van der Waals surface area (Å²) >= 11 is 0. The van der Waals surface area contributed by atoms with Gasteiger partial charge in [0.1, 0.15) is 6.10 Å². The number of benzene rings is 1. The van der Waals surface area contributed by atoms with Gasteiger partial charge in [-0.2, -0.15) is 4.31 Å². The monoisotopic (exact) mass is 402 g/mol. The Labute approximate surface area is 166 Å². The number of fused-ring (bicyclic) bond motifs is 1. The predicted octanol–water partition coefficient (Wildman–Crippen LogP) is 2.26. The normalized spacial score (nSPS) is 20.0. The molecule has 1 fully saturated rings. The van der Waals surface area contributed by atoms with Gasteiger partial charge in [0.2, 0.25) is 15.9 Å². The molecule has 0 amide bonds. The highest BCUT2D eigenvalue weighted by molar-refractivity contribution is 7.89. The molecule has 2 heterocycles. The van der Waals surface area contributed by atoms with Crippen molar-refractivity contribution in [3.05, 3.63) is 41.5 Å². The standard InChI is InChI=1S/C20H26N4O3S/c1-23(2)19-9-10-20(22-21-19)27-17-11-12-24(14-17)28(25,26)18-8-7-15-5-3-4-6-16(15)13-18/h7-10,13,17H,3-6,11-12,14H2,1-2H3. The van der Waals surface area contributed by atoms with Crippen LogP contribution in [0.1, 0.15) is 30.4 Å². The lowest BCUT2D eigenvalue weighted by Gasteiger charge is -2.20. The lowest BCUT2D eigenvalue weighted by Crippen LogP contribution is -2.31. The van der Waals surface area contributed by atoms with E-state index >= 15 is 0 Å². The highest BCUT2D eigenvalue weighted by Gasteiger charge is 2.34. The molecule has 1 unspecified atom stereocenters. The van der Waals surface area contributed by atoms with E-state index < -0.39 is 10.0 Å². The molecule has 1 aromatic carbocycles. The van der Waals surface area contributed by atoms with Crippen molar-refractivity contribution in [1.29, 1.82) is 0 Å². The molecule has 1 aliphatic carbocycles. The first-order valence-corrected chi connectivity index (χ1v) is 11.2. The number of sulfonamides is 1. The Bertz CT molecular complexity index is 944. The zero-order valence-corrected chi connectivity index (χ0v) is 17.2. The quantitative estimate of drug-likeness (QED) is 0.764. The van der Waals surface area contributed by atoms with Crippen molar-refractivity contribution in [3.63, 3.8) is 0 Å². The van der Waals surface area contributed by atoms with Crippen LogP contribution in [0.2, 0.25) is 0 Å². The van der Waals surface area contributed by atoms with Gasteiger partial charge in [0.15, 0.2) is 5.82 Å². The van der Waals surface area contributed by atoms with Crippen LogP contribution in [-0.4, -0.2) is 56.2 Å². The Morgan fingerprint density at radius 2 is 1.86 bits per heavy atom. The number of nitrogens with zero attached hydrogens (tertiary/aromatic N) is 4. The summed E-state index contributed by atoms with van der Waals surface area (Å²) in [6, 6.07) is 9.19. The third kappa shape index (κ3) is 3.84. The van der Waals surface area contributed by atoms with Crippen molar-refractivity contribution >= 4 is 15.8 Å². The van der Waals surface area contributed by atoms with Gasteiger partial charge in [-0.1, -0.05) is 6.07 Å². The van der Waals surface area contributed by atoms with Crippen LogP contribution in [0.4, 0.5) is 5.82 Å². The van der Waals surface area contributed by atoms with Gasteiger partial charge in [-0.15, -0.1) is 10.2 Å². The summed E-state index contributed by atoms with van der Waals surface area (Å²) in [5, 5.41) is 8.17. The SMILES string of the molecule is CN(C)c1ccc(OC2CCN(S(=O)(=O)c3ccc4c(c3)CCCC4)C2)nn1. The molecule has 1 atom stereocenters. The minimum absolute atomic E-state index is 0.216. The number of rotatable bonds is 5. The van der Waals surface area contributed by atoms with E-state index in [-0.39, 0.29) is 6.10 Å². The average Bonchev–Trinajstić information content (AvgIpc) is 3.17. The molecule has 28 heavy (non-hydrogen) atoms. The Morgan fingerprint density at radius 3 is 2.57 bits per heavy atom. The summed E-state index contributed by atoms with van der Waals surface area (Å²) in [5.74, 6) is 1.17. The molecule has 0 N–H and O–H groups in total. The molecule has 2 aliphatic rings. The lowest BCUT2D eigenvalue weighted by atomic mass is 9.92. The Morgan fingerprint density at radius 1 is 1.07 bits per heavy atom. The first kappa shape index (κ1) is 19.1. The molecular formula is C20H26N4O3S. The molecule has 8 heteroatoms. The summed E-state index contributed by atoms with van der Waals surface area (Å²) in [6.45, 7) is 0.782. The number of hydrogen-bond donors (Lipinski definition) is 0. The first-order chi connectivity index (χ1) is 13.4. The maximum absolute atomic E-state index is 13.1. The Hall–Kier alpha value is -2.19. The van der Waals surface area contributed by atoms with Gasteiger partial charge >= 0.3 is 0 Å². The van der Waals surface area contributed by atoms with E-state index in [1.807, 2.05) is 37.2 Å². The van der Waals surface area contributed by atoms with Gasteiger partial charge in [-0.3, -0.25) is 0 Å². The van der Waals surface area contributed by atoms with Crippen molar-refractivity contribution in [2.45, 2.75) is 43.1 Å². The number of anilines is 1. The van der Waals surface area contributed by atoms with Crippen molar-refractivity contribution < 1.29 is 13.2 Å². The molecule has 0 bridgehead atoms. The van der Waals surface area contributed by atoms with E-state index in [9.17, 15) is 8.42 Å². The minimum Gasteiger partial charge on any atom is -0.472 e. The predicted molar refractivity (Wildman–Crippen MR) is 107 cm³/mol. The number of hydrogen-bond acceptors (Lipinski definition) is 6. The molecule has 2 aromatic rings. The van der Waals surface area contributed by atoms with Gasteiger partial charge in [0.25, 0.3) is 0 Å². The van der Waals surface area contributed by atoms with E-state index in [0.29, 0.717) is 30.3 Å². The van der Waals surface area contributed by atoms with Crippen LogP contribution in [0.5, 0.6) is 5.88 Å². The van der Waals surface area contributed by atoms with Crippen molar-refractivity contribution in [1.82, 2.24) is 14.5 Å². The second kappa shape index (κ2) is 7.67. The smallest absolute Gasteiger partial charge is 0.243 e. The molecule has 0 saturated carbocycles. The Balaban J connectivity index is 1.44. The summed E-state index contributed by atoms with van der Waals surface area (Å²) in [7, 11) is 0.283. The Kier molecular flexibility index (Phi) is 5.25. The largest absolute Gasteiger partial charge is 0.472 e. The molecule has 1 saturated heterocycles. The molecule has 1 aromatic heterocycles. The van der Waals surface area contributed by atoms with Crippen LogP contribution in [0.3, 0.4) is 0 Å². The van der Waals surface area contributed by atoms with Crippen LogP contribution >= 0.6 is 0 Å². The fourth-order valence-electron chi connectivity index (χ4n) is 3.82. The van der Waals surface area contributed by atoms with Gasteiger partial charge in [0, 0.05) is 26.7 Å². The van der Waals surface area contributed by atoms with Crippen molar-refractivity contribution in [2.75, 3.05) is 32.1 Å². The van der Waals surface area contributed by atoms with Crippen molar-refractivity contribution in [2.24, 2.45) is 0 Å². The highest BCUT2D eigenvalue weighted by Crippen LogP contribution is 2.28. The fraction of sp³-hybridized carbons (Fsp3) is 0.500. The number of aryl methyl sites for hydroxylation is 2. The zero-order valence-electron chi connectivity index (χ0n) is 16.3. The number of aromatic nitrogens is 2. The minimum atomic E-state index is -3.50. The van der Waals surface area contributed by atoms with Gasteiger partial charge in [-0.05, 0) is 61.4 Å². The lowest BCUT2D eigenvalue weighted by molar-refractivity contribution is 0.204. The zero-order chi connectivity index (χ0) is 19.7. The molecule has 150 valence electrons. The summed E-state index contributed by atoms with van der Waals surface area (Å²) < 4.78 is 33.5. The van der Waals surface area contributed by atoms with Crippen LogP contribution in [0.25, 0.3) is 0 Å². The van der Waals surface area contributed by atoms with Gasteiger partial charge < -0.3 is 9.64 Å². The van der Waals surface area contributed by atoms with E-state index in [2.05, 4.69) is 10.2 Å². The molecule has 0 radical (unpaired) electrons. The van der Waals surface area contributed by atoms with E-state index in [1.54, 1.807) is 12.1 Å². The second-order valence-corrected chi connectivity index (χ2v) is 9.59. The summed E-state index contributed by atoms with van der Waals surface area (Å²) in [5.41, 5.74) is 2.46. The number of ether oxygens (including phenoxy) is 1. The summed E-state index contributed by atoms with van der Waals surface area (Å²) in [6.07, 6.45) is 4.75. The van der Waals surface area contributed by atoms with E-state index in [0.717, 1.165) is 25.1 Å². The van der Waals surface area contributed by atoms with E-state index in [4.69, 9.17) is 4.74 Å². The van der Waals surface area contributed by atoms with Crippen molar-refractivity contribution in [3.8, 4) is 5.88 Å². The molecule has 4 rings (SSSR count). The first-order valence-electron chi connectivity index (χ1n) is 9.73. The maximum atomic E-state index is 13.1. The van der Waals surface area contributed by atoms with Crippen LogP contribution in [-0.2, 0) is 22.9 Å². The topological polar surface area (TPSA) is 75.6 Å². The maximum Gasteiger partial charge on any atom is 0.243 e. The second-order valence-electron chi connectivity index (χ2n) is 7.65. The molecule has 0 spiro atoms. The third-order valence-corrected chi connectivity index (χ3v) is 7.30. The average molecular weight is 403 g/mol. The van der Waals surface area contributed by atoms with Crippen LogP contribution in [0, 0.1) is 0 Å². The molecule has 7 nitrogen and oxygen atoms in total. The van der Waals surface area contributed by atoms with E-state index in [1.165, 1.54) is 21.9 Å². The van der Waals surface area contributed by atoms with Gasteiger partial charge in [-0.25, -0.2) is 8.42 Å². The summed E-state index contributed by atoms with van der Waals surface area (Å²) in [4.78, 5) is 2.25. The van der Waals surface area contributed by atoms with Crippen LogP contribution in [0.15, 0.2) is 35.2 Å². The highest BCUT2D eigenvalue weighted by atomic mass is 32.2. The van der Waals surface area contributed by atoms with Crippen LogP contribution < -0.4 is 9.64 Å². The molecule has 1 aliphatic heterocycles.